The summed E-state index contributed by atoms with van der Waals surface area (Å²) in [5.41, 5.74) is 4.02. The monoisotopic (exact) mass is 230 g/mol. The Balaban J connectivity index is 1.89. The number of fused-ring (bicyclic) bond motifs is 1. The van der Waals surface area contributed by atoms with E-state index in [0.29, 0.717) is 0 Å². The smallest absolute Gasteiger partial charge is 0.241 e. The highest BCUT2D eigenvalue weighted by molar-refractivity contribution is 5.84. The van der Waals surface area contributed by atoms with Gasteiger partial charge in [0.15, 0.2) is 0 Å². The fraction of sp³-hybridized carbons (Fsp3) is 0.500. The molecule has 1 fully saturated rings. The van der Waals surface area contributed by atoms with E-state index >= 15 is 0 Å². The summed E-state index contributed by atoms with van der Waals surface area (Å²) >= 11 is 0. The van der Waals surface area contributed by atoms with Gasteiger partial charge in [0.25, 0.3) is 0 Å². The molecular formula is C14H18N2O. The molecule has 3 heteroatoms. The summed E-state index contributed by atoms with van der Waals surface area (Å²) in [5.74, 6) is 0.104. The Labute approximate surface area is 102 Å². The van der Waals surface area contributed by atoms with Crippen LogP contribution in [0.3, 0.4) is 0 Å². The second kappa shape index (κ2) is 4.49. The van der Waals surface area contributed by atoms with Crippen molar-refractivity contribution in [1.29, 1.82) is 0 Å². The zero-order chi connectivity index (χ0) is 11.7. The van der Waals surface area contributed by atoms with E-state index in [0.717, 1.165) is 25.1 Å². The highest BCUT2D eigenvalue weighted by Gasteiger charge is 2.23. The maximum absolute atomic E-state index is 11.8. The maximum Gasteiger partial charge on any atom is 0.241 e. The molecule has 1 aromatic carbocycles. The van der Waals surface area contributed by atoms with Gasteiger partial charge < -0.3 is 10.6 Å². The third-order valence-electron chi connectivity index (χ3n) is 3.74. The lowest BCUT2D eigenvalue weighted by molar-refractivity contribution is -0.124. The molecule has 0 saturated carbocycles. The SMILES string of the molecule is O=C1NCCNC1c1ccc2c(c1)CCCC2. The third-order valence-corrected chi connectivity index (χ3v) is 3.74. The van der Waals surface area contributed by atoms with Crippen molar-refractivity contribution >= 4 is 5.91 Å². The number of carbonyl (C=O) groups is 1. The first-order chi connectivity index (χ1) is 8.34. The van der Waals surface area contributed by atoms with Gasteiger partial charge in [0.1, 0.15) is 6.04 Å². The van der Waals surface area contributed by atoms with Gasteiger partial charge in [-0.1, -0.05) is 18.2 Å². The first-order valence-electron chi connectivity index (χ1n) is 6.47. The van der Waals surface area contributed by atoms with Gasteiger partial charge in [0, 0.05) is 13.1 Å². The minimum absolute atomic E-state index is 0.104. The molecule has 2 aliphatic rings. The van der Waals surface area contributed by atoms with Crippen molar-refractivity contribution in [2.45, 2.75) is 31.7 Å². The molecular weight excluding hydrogens is 212 g/mol. The fourth-order valence-corrected chi connectivity index (χ4v) is 2.80. The minimum atomic E-state index is -0.157. The topological polar surface area (TPSA) is 41.1 Å². The molecule has 1 heterocycles. The molecule has 3 nitrogen and oxygen atoms in total. The van der Waals surface area contributed by atoms with E-state index in [1.807, 2.05) is 0 Å². The molecule has 0 bridgehead atoms. The van der Waals surface area contributed by atoms with E-state index in [-0.39, 0.29) is 11.9 Å². The molecule has 1 unspecified atom stereocenters. The van der Waals surface area contributed by atoms with E-state index < -0.39 is 0 Å². The number of benzene rings is 1. The van der Waals surface area contributed by atoms with Crippen LogP contribution in [0.2, 0.25) is 0 Å². The highest BCUT2D eigenvalue weighted by atomic mass is 16.2. The van der Waals surface area contributed by atoms with Gasteiger partial charge in [-0.15, -0.1) is 0 Å². The molecule has 0 spiro atoms. The van der Waals surface area contributed by atoms with Gasteiger partial charge in [-0.3, -0.25) is 4.79 Å². The van der Waals surface area contributed by atoms with Crippen molar-refractivity contribution < 1.29 is 4.79 Å². The number of aryl methyl sites for hydroxylation is 2. The Hall–Kier alpha value is -1.35. The molecule has 1 aliphatic carbocycles. The summed E-state index contributed by atoms with van der Waals surface area (Å²) in [5, 5.41) is 6.19. The summed E-state index contributed by atoms with van der Waals surface area (Å²) in [7, 11) is 0. The first kappa shape index (κ1) is 10.8. The van der Waals surface area contributed by atoms with Crippen molar-refractivity contribution in [3.05, 3.63) is 34.9 Å². The first-order valence-corrected chi connectivity index (χ1v) is 6.47. The zero-order valence-corrected chi connectivity index (χ0v) is 9.96. The summed E-state index contributed by atoms with van der Waals surface area (Å²) < 4.78 is 0. The standard InChI is InChI=1S/C14H18N2O/c17-14-13(15-7-8-16-14)12-6-5-10-3-1-2-4-11(10)9-12/h5-6,9,13,15H,1-4,7-8H2,(H,16,17). The summed E-state index contributed by atoms with van der Waals surface area (Å²) in [4.78, 5) is 11.8. The Morgan fingerprint density at radius 3 is 2.71 bits per heavy atom. The second-order valence-electron chi connectivity index (χ2n) is 4.91. The third kappa shape index (κ3) is 2.07. The number of piperazine rings is 1. The zero-order valence-electron chi connectivity index (χ0n) is 9.96. The predicted octanol–water partition coefficient (Wildman–Crippen LogP) is 1.33. The van der Waals surface area contributed by atoms with Crippen molar-refractivity contribution in [1.82, 2.24) is 10.6 Å². The van der Waals surface area contributed by atoms with Gasteiger partial charge in [0.2, 0.25) is 5.91 Å². The lowest BCUT2D eigenvalue weighted by Gasteiger charge is -2.25. The van der Waals surface area contributed by atoms with Crippen LogP contribution in [0.4, 0.5) is 0 Å². The van der Waals surface area contributed by atoms with Gasteiger partial charge >= 0.3 is 0 Å². The molecule has 1 saturated heterocycles. The quantitative estimate of drug-likeness (QED) is 0.764. The largest absolute Gasteiger partial charge is 0.353 e. The molecule has 1 atom stereocenters. The maximum atomic E-state index is 11.8. The lowest BCUT2D eigenvalue weighted by Crippen LogP contribution is -2.47. The van der Waals surface area contributed by atoms with Gasteiger partial charge in [-0.2, -0.15) is 0 Å². The Bertz CT molecular complexity index is 442. The van der Waals surface area contributed by atoms with Crippen LogP contribution in [-0.4, -0.2) is 19.0 Å². The van der Waals surface area contributed by atoms with Gasteiger partial charge in [-0.05, 0) is 42.4 Å². The molecule has 3 rings (SSSR count). The number of hydrogen-bond donors (Lipinski definition) is 2. The Morgan fingerprint density at radius 1 is 1.06 bits per heavy atom. The van der Waals surface area contributed by atoms with Crippen LogP contribution >= 0.6 is 0 Å². The van der Waals surface area contributed by atoms with E-state index in [2.05, 4.69) is 28.8 Å². The van der Waals surface area contributed by atoms with Crippen LogP contribution in [0.5, 0.6) is 0 Å². The summed E-state index contributed by atoms with van der Waals surface area (Å²) in [6.45, 7) is 1.59. The highest BCUT2D eigenvalue weighted by Crippen LogP contribution is 2.25. The van der Waals surface area contributed by atoms with E-state index in [9.17, 15) is 4.79 Å². The summed E-state index contributed by atoms with van der Waals surface area (Å²) in [6.07, 6.45) is 4.94. The average Bonchev–Trinajstić information content (AvgIpc) is 2.39. The molecule has 17 heavy (non-hydrogen) atoms. The fourth-order valence-electron chi connectivity index (χ4n) is 2.80. The number of carbonyl (C=O) groups excluding carboxylic acids is 1. The van der Waals surface area contributed by atoms with E-state index in [1.54, 1.807) is 0 Å². The van der Waals surface area contributed by atoms with Crippen molar-refractivity contribution in [2.24, 2.45) is 0 Å². The second-order valence-corrected chi connectivity index (χ2v) is 4.91. The molecule has 1 amide bonds. The molecule has 0 radical (unpaired) electrons. The van der Waals surface area contributed by atoms with Crippen LogP contribution < -0.4 is 10.6 Å². The number of hydrogen-bond acceptors (Lipinski definition) is 2. The average molecular weight is 230 g/mol. The molecule has 1 aliphatic heterocycles. The molecule has 90 valence electrons. The number of nitrogens with one attached hydrogen (secondary N) is 2. The Kier molecular flexibility index (Phi) is 2.85. The van der Waals surface area contributed by atoms with Crippen LogP contribution in [-0.2, 0) is 17.6 Å². The van der Waals surface area contributed by atoms with Crippen molar-refractivity contribution in [2.75, 3.05) is 13.1 Å². The molecule has 2 N–H and O–H groups in total. The predicted molar refractivity (Wildman–Crippen MR) is 66.8 cm³/mol. The molecule has 0 aromatic heterocycles. The van der Waals surface area contributed by atoms with Crippen LogP contribution in [0.1, 0.15) is 35.6 Å². The van der Waals surface area contributed by atoms with Gasteiger partial charge in [-0.25, -0.2) is 0 Å². The number of amides is 1. The van der Waals surface area contributed by atoms with Crippen LogP contribution in [0, 0.1) is 0 Å². The van der Waals surface area contributed by atoms with Crippen molar-refractivity contribution in [3.8, 4) is 0 Å². The minimum Gasteiger partial charge on any atom is -0.353 e. The number of rotatable bonds is 1. The van der Waals surface area contributed by atoms with Gasteiger partial charge in [0.05, 0.1) is 0 Å². The Morgan fingerprint density at radius 2 is 1.88 bits per heavy atom. The van der Waals surface area contributed by atoms with Crippen LogP contribution in [0.15, 0.2) is 18.2 Å². The lowest BCUT2D eigenvalue weighted by atomic mass is 9.89. The van der Waals surface area contributed by atoms with E-state index in [4.69, 9.17) is 0 Å². The summed E-state index contributed by atoms with van der Waals surface area (Å²) in [6, 6.07) is 6.37. The van der Waals surface area contributed by atoms with Crippen molar-refractivity contribution in [3.63, 3.8) is 0 Å². The van der Waals surface area contributed by atoms with Crippen LogP contribution in [0.25, 0.3) is 0 Å². The molecule has 1 aromatic rings. The van der Waals surface area contributed by atoms with E-state index in [1.165, 1.54) is 30.4 Å². The normalized spacial score (nSPS) is 24.0.